The predicted octanol–water partition coefficient (Wildman–Crippen LogP) is 5.40. The van der Waals surface area contributed by atoms with Gasteiger partial charge in [0.05, 0.1) is 0 Å². The first kappa shape index (κ1) is 13.9. The molecule has 0 saturated heterocycles. The van der Waals surface area contributed by atoms with Crippen LogP contribution in [-0.4, -0.2) is 5.11 Å². The highest BCUT2D eigenvalue weighted by Gasteiger charge is 2.28. The smallest absolute Gasteiger partial charge is 0.101 e. The Kier molecular flexibility index (Phi) is 4.57. The van der Waals surface area contributed by atoms with E-state index in [1.54, 1.807) is 0 Å². The summed E-state index contributed by atoms with van der Waals surface area (Å²) >= 11 is 0. The number of fused-ring (bicyclic) bond motifs is 2. The molecule has 1 heteroatoms. The Morgan fingerprint density at radius 2 is 1.35 bits per heavy atom. The van der Waals surface area contributed by atoms with Crippen molar-refractivity contribution < 1.29 is 5.11 Å². The lowest BCUT2D eigenvalue weighted by atomic mass is 9.94. The van der Waals surface area contributed by atoms with Crippen molar-refractivity contribution >= 4 is 5.57 Å². The molecule has 0 radical (unpaired) electrons. The molecule has 108 valence electrons. The van der Waals surface area contributed by atoms with Crippen molar-refractivity contribution in [1.82, 2.24) is 0 Å². The zero-order valence-electron chi connectivity index (χ0n) is 12.4. The first-order valence-corrected chi connectivity index (χ1v) is 8.37. The van der Waals surface area contributed by atoms with Crippen LogP contribution in [0.15, 0.2) is 29.8 Å². The highest BCUT2D eigenvalue weighted by atomic mass is 16.3. The quantitative estimate of drug-likeness (QED) is 0.669. The van der Waals surface area contributed by atoms with E-state index in [-0.39, 0.29) is 6.10 Å². The molecule has 1 atom stereocenters. The van der Waals surface area contributed by atoms with Crippen LogP contribution in [0.5, 0.6) is 0 Å². The van der Waals surface area contributed by atoms with E-state index in [0.29, 0.717) is 0 Å². The molecule has 0 amide bonds. The maximum atomic E-state index is 10.6. The van der Waals surface area contributed by atoms with Crippen LogP contribution >= 0.6 is 0 Å². The molecule has 1 aromatic rings. The van der Waals surface area contributed by atoms with Gasteiger partial charge in [-0.3, -0.25) is 0 Å². The van der Waals surface area contributed by atoms with Gasteiger partial charge in [-0.25, -0.2) is 0 Å². The van der Waals surface area contributed by atoms with E-state index in [1.807, 2.05) is 0 Å². The minimum atomic E-state index is -0.329. The Balaban J connectivity index is 1.85. The summed E-state index contributed by atoms with van der Waals surface area (Å²) in [5, 5.41) is 10.6. The molecule has 1 aromatic carbocycles. The van der Waals surface area contributed by atoms with Crippen molar-refractivity contribution in [2.75, 3.05) is 0 Å². The second-order valence-corrected chi connectivity index (χ2v) is 6.32. The number of rotatable bonds is 0. The molecule has 1 unspecified atom stereocenters. The zero-order valence-corrected chi connectivity index (χ0v) is 12.4. The van der Waals surface area contributed by atoms with E-state index in [4.69, 9.17) is 0 Å². The van der Waals surface area contributed by atoms with Crippen LogP contribution in [0.4, 0.5) is 0 Å². The number of aliphatic hydroxyl groups is 1. The van der Waals surface area contributed by atoms with Gasteiger partial charge in [-0.1, -0.05) is 62.8 Å². The SMILES string of the molecule is OC1C2=C(CCCCCCCCCC2)c2ccccc21. The fourth-order valence-corrected chi connectivity index (χ4v) is 3.80. The number of allylic oxidation sites excluding steroid dienone is 1. The van der Waals surface area contributed by atoms with Gasteiger partial charge >= 0.3 is 0 Å². The number of benzene rings is 1. The van der Waals surface area contributed by atoms with Gasteiger partial charge in [-0.15, -0.1) is 0 Å². The summed E-state index contributed by atoms with van der Waals surface area (Å²) in [5.74, 6) is 0. The molecule has 1 nitrogen and oxygen atoms in total. The summed E-state index contributed by atoms with van der Waals surface area (Å²) in [6.45, 7) is 0. The zero-order chi connectivity index (χ0) is 13.8. The number of hydrogen-bond donors (Lipinski definition) is 1. The van der Waals surface area contributed by atoms with E-state index in [2.05, 4.69) is 24.3 Å². The van der Waals surface area contributed by atoms with E-state index in [1.165, 1.54) is 68.1 Å². The highest BCUT2D eigenvalue weighted by molar-refractivity contribution is 5.77. The molecule has 0 heterocycles. The monoisotopic (exact) mass is 270 g/mol. The molecule has 0 fully saturated rings. The third kappa shape index (κ3) is 2.83. The summed E-state index contributed by atoms with van der Waals surface area (Å²) in [5.41, 5.74) is 5.26. The van der Waals surface area contributed by atoms with Crippen LogP contribution in [0.25, 0.3) is 5.57 Å². The largest absolute Gasteiger partial charge is 0.384 e. The fraction of sp³-hybridized carbons (Fsp3) is 0.579. The van der Waals surface area contributed by atoms with Crippen LogP contribution in [0.2, 0.25) is 0 Å². The molecule has 0 saturated carbocycles. The lowest BCUT2D eigenvalue weighted by molar-refractivity contribution is 0.214. The van der Waals surface area contributed by atoms with Crippen LogP contribution in [0.1, 0.15) is 81.4 Å². The average Bonchev–Trinajstić information content (AvgIpc) is 2.72. The van der Waals surface area contributed by atoms with E-state index >= 15 is 0 Å². The lowest BCUT2D eigenvalue weighted by Gasteiger charge is -2.13. The van der Waals surface area contributed by atoms with Gasteiger partial charge in [-0.05, 0) is 48.0 Å². The summed E-state index contributed by atoms with van der Waals surface area (Å²) in [6, 6.07) is 8.46. The molecule has 20 heavy (non-hydrogen) atoms. The summed E-state index contributed by atoms with van der Waals surface area (Å²) in [4.78, 5) is 0. The third-order valence-electron chi connectivity index (χ3n) is 4.92. The Bertz CT molecular complexity index is 486. The van der Waals surface area contributed by atoms with Gasteiger partial charge < -0.3 is 5.11 Å². The van der Waals surface area contributed by atoms with E-state index in [0.717, 1.165) is 18.4 Å². The van der Waals surface area contributed by atoms with E-state index in [9.17, 15) is 5.11 Å². The first-order valence-electron chi connectivity index (χ1n) is 8.37. The molecule has 0 aromatic heterocycles. The Labute approximate surface area is 122 Å². The van der Waals surface area contributed by atoms with Gasteiger partial charge in [0.25, 0.3) is 0 Å². The number of hydrogen-bond acceptors (Lipinski definition) is 1. The molecule has 2 aliphatic carbocycles. The van der Waals surface area contributed by atoms with Gasteiger partial charge in [0.1, 0.15) is 6.10 Å². The van der Waals surface area contributed by atoms with Gasteiger partial charge in [0.2, 0.25) is 0 Å². The van der Waals surface area contributed by atoms with Crippen molar-refractivity contribution in [1.29, 1.82) is 0 Å². The standard InChI is InChI=1S/C19H26O/c20-19-17-13-8-6-4-2-1-3-5-7-11-15(17)16-12-9-10-14-18(16)19/h9-10,12,14,19-20H,1-8,11,13H2. The molecule has 0 aliphatic heterocycles. The summed E-state index contributed by atoms with van der Waals surface area (Å²) in [6.07, 6.45) is 12.6. The highest BCUT2D eigenvalue weighted by Crippen LogP contribution is 2.44. The molecule has 0 bridgehead atoms. The first-order chi connectivity index (χ1) is 9.88. The maximum absolute atomic E-state index is 10.6. The Morgan fingerprint density at radius 1 is 0.750 bits per heavy atom. The number of aliphatic hydroxyl groups excluding tert-OH is 1. The molecule has 3 rings (SSSR count). The van der Waals surface area contributed by atoms with Crippen molar-refractivity contribution in [3.05, 3.63) is 41.0 Å². The van der Waals surface area contributed by atoms with Crippen molar-refractivity contribution in [3.63, 3.8) is 0 Å². The van der Waals surface area contributed by atoms with Gasteiger partial charge in [0.15, 0.2) is 0 Å². The Hall–Kier alpha value is -1.08. The van der Waals surface area contributed by atoms with Crippen LogP contribution in [-0.2, 0) is 0 Å². The normalized spacial score (nSPS) is 24.6. The average molecular weight is 270 g/mol. The predicted molar refractivity (Wildman–Crippen MR) is 84.5 cm³/mol. The third-order valence-corrected chi connectivity index (χ3v) is 4.92. The topological polar surface area (TPSA) is 20.2 Å². The summed E-state index contributed by atoms with van der Waals surface area (Å²) in [7, 11) is 0. The molecule has 0 spiro atoms. The van der Waals surface area contributed by atoms with Crippen molar-refractivity contribution in [2.45, 2.75) is 70.3 Å². The van der Waals surface area contributed by atoms with Crippen LogP contribution in [0.3, 0.4) is 0 Å². The second-order valence-electron chi connectivity index (χ2n) is 6.32. The van der Waals surface area contributed by atoms with Crippen LogP contribution < -0.4 is 0 Å². The van der Waals surface area contributed by atoms with E-state index < -0.39 is 0 Å². The molecule has 1 N–H and O–H groups in total. The summed E-state index contributed by atoms with van der Waals surface area (Å²) < 4.78 is 0. The maximum Gasteiger partial charge on any atom is 0.101 e. The fourth-order valence-electron chi connectivity index (χ4n) is 3.80. The molecular weight excluding hydrogens is 244 g/mol. The molecular formula is C19H26O. The van der Waals surface area contributed by atoms with Gasteiger partial charge in [0, 0.05) is 0 Å². The van der Waals surface area contributed by atoms with Crippen molar-refractivity contribution in [3.8, 4) is 0 Å². The molecule has 2 aliphatic rings. The van der Waals surface area contributed by atoms with Crippen LogP contribution in [0, 0.1) is 0 Å². The van der Waals surface area contributed by atoms with Crippen molar-refractivity contribution in [2.24, 2.45) is 0 Å². The second kappa shape index (κ2) is 6.58. The minimum absolute atomic E-state index is 0.329. The lowest BCUT2D eigenvalue weighted by Crippen LogP contribution is -1.98. The Morgan fingerprint density at radius 3 is 2.10 bits per heavy atom. The minimum Gasteiger partial charge on any atom is -0.384 e. The van der Waals surface area contributed by atoms with Gasteiger partial charge in [-0.2, -0.15) is 0 Å².